The minimum atomic E-state index is -0.0250. The second-order valence-corrected chi connectivity index (χ2v) is 7.40. The van der Waals surface area contributed by atoms with Crippen LogP contribution >= 0.6 is 11.8 Å². The summed E-state index contributed by atoms with van der Waals surface area (Å²) in [5.41, 5.74) is 2.89. The quantitative estimate of drug-likeness (QED) is 0.808. The van der Waals surface area contributed by atoms with Gasteiger partial charge in [-0.05, 0) is 30.2 Å². The average Bonchev–Trinajstić information content (AvgIpc) is 2.69. The highest BCUT2D eigenvalue weighted by Crippen LogP contribution is 2.28. The van der Waals surface area contributed by atoms with E-state index in [1.165, 1.54) is 0 Å². The van der Waals surface area contributed by atoms with E-state index in [4.69, 9.17) is 10.00 Å². The number of rotatable bonds is 5. The molecule has 2 aromatic carbocycles. The molecule has 0 bridgehead atoms. The van der Waals surface area contributed by atoms with Crippen LogP contribution in [0, 0.1) is 11.3 Å². The van der Waals surface area contributed by atoms with Gasteiger partial charge in [-0.25, -0.2) is 0 Å². The van der Waals surface area contributed by atoms with Gasteiger partial charge in [0.1, 0.15) is 0 Å². The van der Waals surface area contributed by atoms with Crippen molar-refractivity contribution >= 4 is 17.7 Å². The van der Waals surface area contributed by atoms with Crippen LogP contribution in [0.4, 0.5) is 0 Å². The Balaban J connectivity index is 1.61. The number of carbonyl (C=O) groups is 1. The summed E-state index contributed by atoms with van der Waals surface area (Å²) in [6.45, 7) is 3.16. The Kier molecular flexibility index (Phi) is 6.32. The molecule has 3 rings (SSSR count). The fourth-order valence-corrected chi connectivity index (χ4v) is 4.03. The third-order valence-electron chi connectivity index (χ3n) is 4.50. The third-order valence-corrected chi connectivity index (χ3v) is 5.48. The van der Waals surface area contributed by atoms with E-state index < -0.39 is 0 Å². The summed E-state index contributed by atoms with van der Waals surface area (Å²) in [6.07, 6.45) is 0. The van der Waals surface area contributed by atoms with Crippen molar-refractivity contribution in [3.63, 3.8) is 0 Å². The lowest BCUT2D eigenvalue weighted by atomic mass is 10.0. The maximum atomic E-state index is 12.9. The molecule has 1 heterocycles. The average molecular weight is 366 g/mol. The Morgan fingerprint density at radius 1 is 1.19 bits per heavy atom. The van der Waals surface area contributed by atoms with E-state index in [-0.39, 0.29) is 18.0 Å². The first-order chi connectivity index (χ1) is 12.7. The van der Waals surface area contributed by atoms with Gasteiger partial charge in [0.25, 0.3) is 0 Å². The summed E-state index contributed by atoms with van der Waals surface area (Å²) in [5, 5.41) is 8.85. The highest BCUT2D eigenvalue weighted by molar-refractivity contribution is 7.99. The number of thioether (sulfide) groups is 1. The van der Waals surface area contributed by atoms with Gasteiger partial charge in [0, 0.05) is 5.75 Å². The van der Waals surface area contributed by atoms with Crippen molar-refractivity contribution in [2.75, 3.05) is 19.0 Å². The lowest BCUT2D eigenvalue weighted by molar-refractivity contribution is -0.142. The number of nitriles is 1. The van der Waals surface area contributed by atoms with Crippen molar-refractivity contribution in [3.8, 4) is 6.07 Å². The van der Waals surface area contributed by atoms with Gasteiger partial charge in [0.15, 0.2) is 0 Å². The fraction of sp³-hybridized carbons (Fsp3) is 0.333. The van der Waals surface area contributed by atoms with Crippen LogP contribution in [-0.2, 0) is 15.3 Å². The molecular formula is C21H22N2O2S. The van der Waals surface area contributed by atoms with Crippen LogP contribution in [0.3, 0.4) is 0 Å². The maximum absolute atomic E-state index is 12.9. The summed E-state index contributed by atoms with van der Waals surface area (Å²) < 4.78 is 5.70. The van der Waals surface area contributed by atoms with E-state index >= 15 is 0 Å². The van der Waals surface area contributed by atoms with Crippen LogP contribution in [0.25, 0.3) is 0 Å². The molecule has 2 aromatic rings. The van der Waals surface area contributed by atoms with E-state index in [2.05, 4.69) is 18.2 Å². The van der Waals surface area contributed by atoms with Crippen molar-refractivity contribution in [1.82, 2.24) is 4.90 Å². The van der Waals surface area contributed by atoms with Crippen LogP contribution < -0.4 is 0 Å². The van der Waals surface area contributed by atoms with Gasteiger partial charge < -0.3 is 9.64 Å². The normalized spacial score (nSPS) is 19.8. The zero-order valence-corrected chi connectivity index (χ0v) is 15.6. The summed E-state index contributed by atoms with van der Waals surface area (Å²) in [5.74, 6) is 1.34. The number of ether oxygens (including phenoxy) is 1. The van der Waals surface area contributed by atoms with E-state index in [9.17, 15) is 4.79 Å². The summed E-state index contributed by atoms with van der Waals surface area (Å²) in [7, 11) is 0. The van der Waals surface area contributed by atoms with Crippen molar-refractivity contribution < 1.29 is 9.53 Å². The van der Waals surface area contributed by atoms with E-state index in [1.807, 2.05) is 54.3 Å². The number of carbonyl (C=O) groups excluding carboxylic acids is 1. The van der Waals surface area contributed by atoms with E-state index in [0.29, 0.717) is 24.5 Å². The lowest BCUT2D eigenvalue weighted by Crippen LogP contribution is -2.49. The number of morpholine rings is 1. The zero-order valence-electron chi connectivity index (χ0n) is 14.8. The van der Waals surface area contributed by atoms with Crippen LogP contribution in [0.1, 0.15) is 29.7 Å². The Labute approximate surface area is 158 Å². The number of hydrogen-bond acceptors (Lipinski definition) is 4. The second-order valence-electron chi connectivity index (χ2n) is 6.42. The number of hydrogen-bond donors (Lipinski definition) is 0. The molecule has 1 aliphatic heterocycles. The molecule has 1 amide bonds. The topological polar surface area (TPSA) is 53.3 Å². The molecule has 2 atom stereocenters. The van der Waals surface area contributed by atoms with Gasteiger partial charge in [-0.15, -0.1) is 11.8 Å². The highest BCUT2D eigenvalue weighted by Gasteiger charge is 2.33. The first-order valence-corrected chi connectivity index (χ1v) is 9.85. The second kappa shape index (κ2) is 8.88. The Bertz CT molecular complexity index is 771. The monoisotopic (exact) mass is 366 g/mol. The minimum absolute atomic E-state index is 0.0250. The van der Waals surface area contributed by atoms with Crippen molar-refractivity contribution in [2.45, 2.75) is 24.8 Å². The standard InChI is InChI=1S/C21H22N2O2S/c1-16-12-25-13-20(19-5-3-2-4-6-19)23(16)21(24)15-26-14-18-9-7-17(11-22)8-10-18/h2-10,16,20H,12-15H2,1H3/t16-,20-/m1/s1. The fourth-order valence-electron chi connectivity index (χ4n) is 3.18. The molecule has 0 N–H and O–H groups in total. The highest BCUT2D eigenvalue weighted by atomic mass is 32.2. The van der Waals surface area contributed by atoms with Gasteiger partial charge in [-0.1, -0.05) is 42.5 Å². The van der Waals surface area contributed by atoms with E-state index in [1.54, 1.807) is 11.8 Å². The molecule has 4 nitrogen and oxygen atoms in total. The van der Waals surface area contributed by atoms with Gasteiger partial charge in [0.2, 0.25) is 5.91 Å². The first-order valence-electron chi connectivity index (χ1n) is 8.69. The molecule has 0 spiro atoms. The zero-order chi connectivity index (χ0) is 18.4. The smallest absolute Gasteiger partial charge is 0.233 e. The SMILES string of the molecule is C[C@@H]1COC[C@H](c2ccccc2)N1C(=O)CSCc1ccc(C#N)cc1. The molecule has 1 saturated heterocycles. The van der Waals surface area contributed by atoms with Gasteiger partial charge in [0.05, 0.1) is 42.7 Å². The summed E-state index contributed by atoms with van der Waals surface area (Å²) >= 11 is 1.61. The molecule has 134 valence electrons. The molecule has 5 heteroatoms. The molecular weight excluding hydrogens is 344 g/mol. The molecule has 1 fully saturated rings. The molecule has 26 heavy (non-hydrogen) atoms. The Hall–Kier alpha value is -2.29. The van der Waals surface area contributed by atoms with Crippen LogP contribution in [-0.4, -0.2) is 35.8 Å². The van der Waals surface area contributed by atoms with Crippen LogP contribution in [0.15, 0.2) is 54.6 Å². The molecule has 0 saturated carbocycles. The minimum Gasteiger partial charge on any atom is -0.377 e. The van der Waals surface area contributed by atoms with Crippen molar-refractivity contribution in [2.24, 2.45) is 0 Å². The van der Waals surface area contributed by atoms with Crippen molar-refractivity contribution in [3.05, 3.63) is 71.3 Å². The summed E-state index contributed by atoms with van der Waals surface area (Å²) in [4.78, 5) is 14.9. The molecule has 0 unspecified atom stereocenters. The summed E-state index contributed by atoms with van der Waals surface area (Å²) in [6, 6.07) is 19.8. The number of benzene rings is 2. The number of nitrogens with zero attached hydrogens (tertiary/aromatic N) is 2. The van der Waals surface area contributed by atoms with Gasteiger partial charge in [-0.2, -0.15) is 5.26 Å². The lowest BCUT2D eigenvalue weighted by Gasteiger charge is -2.40. The van der Waals surface area contributed by atoms with Gasteiger partial charge >= 0.3 is 0 Å². The number of amides is 1. The first kappa shape index (κ1) is 18.5. The third kappa shape index (κ3) is 4.46. The molecule has 0 radical (unpaired) electrons. The maximum Gasteiger partial charge on any atom is 0.233 e. The molecule has 0 aromatic heterocycles. The van der Waals surface area contributed by atoms with Crippen LogP contribution in [0.5, 0.6) is 0 Å². The Morgan fingerprint density at radius 2 is 1.92 bits per heavy atom. The predicted molar refractivity (Wildman–Crippen MR) is 104 cm³/mol. The van der Waals surface area contributed by atoms with Crippen LogP contribution in [0.2, 0.25) is 0 Å². The largest absolute Gasteiger partial charge is 0.377 e. The van der Waals surface area contributed by atoms with Gasteiger partial charge in [-0.3, -0.25) is 4.79 Å². The predicted octanol–water partition coefficient (Wildman–Crippen LogP) is 3.78. The molecule has 1 aliphatic rings. The van der Waals surface area contributed by atoms with Crippen molar-refractivity contribution in [1.29, 1.82) is 5.26 Å². The molecule has 0 aliphatic carbocycles. The van der Waals surface area contributed by atoms with E-state index in [0.717, 1.165) is 16.9 Å². The Morgan fingerprint density at radius 3 is 2.62 bits per heavy atom.